The zero-order valence-corrected chi connectivity index (χ0v) is 11.6. The van der Waals surface area contributed by atoms with Gasteiger partial charge in [0.25, 0.3) is 0 Å². The maximum absolute atomic E-state index is 12.3. The second kappa shape index (κ2) is 6.57. The molecule has 4 heteroatoms. The van der Waals surface area contributed by atoms with Crippen molar-refractivity contribution in [1.29, 1.82) is 0 Å². The van der Waals surface area contributed by atoms with Crippen LogP contribution in [-0.4, -0.2) is 43.0 Å². The number of carbonyl (C=O) groups is 1. The number of nitrogens with zero attached hydrogens (tertiary/aromatic N) is 2. The third kappa shape index (κ3) is 3.70. The van der Waals surface area contributed by atoms with Crippen LogP contribution in [0.2, 0.25) is 0 Å². The van der Waals surface area contributed by atoms with Gasteiger partial charge in [-0.3, -0.25) is 4.79 Å². The quantitative estimate of drug-likeness (QED) is 0.892. The smallest absolute Gasteiger partial charge is 0.242 e. The van der Waals surface area contributed by atoms with E-state index in [-0.39, 0.29) is 11.9 Å². The Morgan fingerprint density at radius 3 is 2.53 bits per heavy atom. The van der Waals surface area contributed by atoms with E-state index in [1.54, 1.807) is 0 Å². The van der Waals surface area contributed by atoms with E-state index in [9.17, 15) is 4.79 Å². The van der Waals surface area contributed by atoms with Gasteiger partial charge in [-0.1, -0.05) is 18.2 Å². The maximum Gasteiger partial charge on any atom is 0.242 e. The van der Waals surface area contributed by atoms with E-state index in [1.807, 2.05) is 35.2 Å². The molecule has 1 aromatic carbocycles. The zero-order chi connectivity index (χ0) is 13.7. The highest BCUT2D eigenvalue weighted by Crippen LogP contribution is 2.14. The molecule has 4 nitrogen and oxygen atoms in total. The number of rotatable bonds is 4. The van der Waals surface area contributed by atoms with E-state index >= 15 is 0 Å². The topological polar surface area (TPSA) is 49.6 Å². The lowest BCUT2D eigenvalue weighted by Gasteiger charge is -2.32. The molecule has 1 aliphatic heterocycles. The van der Waals surface area contributed by atoms with Crippen LogP contribution >= 0.6 is 0 Å². The van der Waals surface area contributed by atoms with Crippen LogP contribution in [0.1, 0.15) is 19.8 Å². The molecule has 1 saturated heterocycles. The summed E-state index contributed by atoms with van der Waals surface area (Å²) < 4.78 is 0. The van der Waals surface area contributed by atoms with Gasteiger partial charge in [-0.25, -0.2) is 0 Å². The first-order valence-electron chi connectivity index (χ1n) is 7.04. The van der Waals surface area contributed by atoms with Crippen molar-refractivity contribution in [3.8, 4) is 0 Å². The molecule has 0 unspecified atom stereocenters. The summed E-state index contributed by atoms with van der Waals surface area (Å²) in [7, 11) is 0. The molecule has 2 N–H and O–H groups in total. The predicted octanol–water partition coefficient (Wildman–Crippen LogP) is 1.46. The number of nitrogens with two attached hydrogens (primary N) is 1. The minimum absolute atomic E-state index is 0.206. The number of hydrogen-bond donors (Lipinski definition) is 1. The SMILES string of the molecule is CCN(CC(=O)N1CCC(N)CC1)c1ccccc1. The number of likely N-dealkylation sites (tertiary alicyclic amines) is 1. The number of para-hydroxylation sites is 1. The molecule has 0 bridgehead atoms. The van der Waals surface area contributed by atoms with Gasteiger partial charge in [0.1, 0.15) is 0 Å². The van der Waals surface area contributed by atoms with Gasteiger partial charge in [0.05, 0.1) is 6.54 Å². The van der Waals surface area contributed by atoms with Crippen LogP contribution in [0.4, 0.5) is 5.69 Å². The van der Waals surface area contributed by atoms with E-state index in [0.29, 0.717) is 6.54 Å². The average Bonchev–Trinajstić information content (AvgIpc) is 2.46. The predicted molar refractivity (Wildman–Crippen MR) is 78.1 cm³/mol. The molecule has 1 aromatic rings. The van der Waals surface area contributed by atoms with Crippen molar-refractivity contribution >= 4 is 11.6 Å². The zero-order valence-electron chi connectivity index (χ0n) is 11.6. The Bertz CT molecular complexity index is 399. The van der Waals surface area contributed by atoms with E-state index in [1.165, 1.54) is 0 Å². The fourth-order valence-corrected chi connectivity index (χ4v) is 2.44. The Hall–Kier alpha value is -1.55. The summed E-state index contributed by atoms with van der Waals surface area (Å²) in [5.74, 6) is 0.206. The van der Waals surface area contributed by atoms with Crippen molar-refractivity contribution in [1.82, 2.24) is 4.90 Å². The van der Waals surface area contributed by atoms with Crippen LogP contribution in [0.15, 0.2) is 30.3 Å². The lowest BCUT2D eigenvalue weighted by atomic mass is 10.1. The molecule has 0 aromatic heterocycles. The molecule has 0 radical (unpaired) electrons. The van der Waals surface area contributed by atoms with Gasteiger partial charge in [0.2, 0.25) is 5.91 Å². The summed E-state index contributed by atoms with van der Waals surface area (Å²) in [6.07, 6.45) is 1.84. The average molecular weight is 261 g/mol. The minimum atomic E-state index is 0.206. The first-order valence-corrected chi connectivity index (χ1v) is 7.04. The van der Waals surface area contributed by atoms with Gasteiger partial charge in [0.15, 0.2) is 0 Å². The van der Waals surface area contributed by atoms with Crippen LogP contribution in [0.25, 0.3) is 0 Å². The first kappa shape index (κ1) is 13.9. The molecular weight excluding hydrogens is 238 g/mol. The molecule has 19 heavy (non-hydrogen) atoms. The second-order valence-corrected chi connectivity index (χ2v) is 5.07. The number of piperidine rings is 1. The van der Waals surface area contributed by atoms with Crippen LogP contribution in [0.3, 0.4) is 0 Å². The molecule has 0 atom stereocenters. The summed E-state index contributed by atoms with van der Waals surface area (Å²) in [6, 6.07) is 10.3. The normalized spacial score (nSPS) is 16.4. The lowest BCUT2D eigenvalue weighted by molar-refractivity contribution is -0.130. The molecule has 104 valence electrons. The molecule has 2 rings (SSSR count). The second-order valence-electron chi connectivity index (χ2n) is 5.07. The number of likely N-dealkylation sites (N-methyl/N-ethyl adjacent to an activating group) is 1. The number of hydrogen-bond acceptors (Lipinski definition) is 3. The molecule has 0 aliphatic carbocycles. The van der Waals surface area contributed by atoms with Crippen molar-refractivity contribution in [2.24, 2.45) is 5.73 Å². The summed E-state index contributed by atoms with van der Waals surface area (Å²) in [6.45, 7) is 4.96. The molecule has 1 amide bonds. The summed E-state index contributed by atoms with van der Waals surface area (Å²) in [5.41, 5.74) is 6.97. The Balaban J connectivity index is 1.93. The van der Waals surface area contributed by atoms with Crippen molar-refractivity contribution < 1.29 is 4.79 Å². The third-order valence-electron chi connectivity index (χ3n) is 3.72. The van der Waals surface area contributed by atoms with Gasteiger partial charge in [0, 0.05) is 31.4 Å². The van der Waals surface area contributed by atoms with Gasteiger partial charge in [-0.2, -0.15) is 0 Å². The highest BCUT2D eigenvalue weighted by molar-refractivity contribution is 5.81. The summed E-state index contributed by atoms with van der Waals surface area (Å²) in [4.78, 5) is 16.3. The third-order valence-corrected chi connectivity index (χ3v) is 3.72. The van der Waals surface area contributed by atoms with E-state index in [2.05, 4.69) is 11.8 Å². The largest absolute Gasteiger partial charge is 0.362 e. The van der Waals surface area contributed by atoms with Crippen molar-refractivity contribution in [3.63, 3.8) is 0 Å². The number of carbonyl (C=O) groups excluding carboxylic acids is 1. The number of benzene rings is 1. The van der Waals surface area contributed by atoms with E-state index in [0.717, 1.165) is 38.2 Å². The minimum Gasteiger partial charge on any atom is -0.362 e. The van der Waals surface area contributed by atoms with Crippen LogP contribution in [0, 0.1) is 0 Å². The van der Waals surface area contributed by atoms with E-state index < -0.39 is 0 Å². The number of anilines is 1. The Morgan fingerprint density at radius 1 is 1.32 bits per heavy atom. The standard InChI is InChI=1S/C15H23N3O/c1-2-17(14-6-4-3-5-7-14)12-15(19)18-10-8-13(16)9-11-18/h3-7,13H,2,8-12,16H2,1H3. The van der Waals surface area contributed by atoms with Gasteiger partial charge in [-0.05, 0) is 31.9 Å². The van der Waals surface area contributed by atoms with Crippen molar-refractivity contribution in [2.75, 3.05) is 31.1 Å². The fourth-order valence-electron chi connectivity index (χ4n) is 2.44. The molecule has 1 aliphatic rings. The van der Waals surface area contributed by atoms with Crippen molar-refractivity contribution in [2.45, 2.75) is 25.8 Å². The van der Waals surface area contributed by atoms with Crippen molar-refractivity contribution in [3.05, 3.63) is 30.3 Å². The Morgan fingerprint density at radius 2 is 1.95 bits per heavy atom. The summed E-state index contributed by atoms with van der Waals surface area (Å²) in [5, 5.41) is 0. The summed E-state index contributed by atoms with van der Waals surface area (Å²) >= 11 is 0. The van der Waals surface area contributed by atoms with Gasteiger partial charge in [-0.15, -0.1) is 0 Å². The van der Waals surface area contributed by atoms with Crippen LogP contribution in [0.5, 0.6) is 0 Å². The highest BCUT2D eigenvalue weighted by atomic mass is 16.2. The Labute approximate surface area is 115 Å². The van der Waals surface area contributed by atoms with E-state index in [4.69, 9.17) is 5.73 Å². The van der Waals surface area contributed by atoms with Gasteiger partial charge >= 0.3 is 0 Å². The lowest BCUT2D eigenvalue weighted by Crippen LogP contribution is -2.46. The fraction of sp³-hybridized carbons (Fsp3) is 0.533. The molecule has 0 spiro atoms. The molecule has 1 fully saturated rings. The molecule has 0 saturated carbocycles. The van der Waals surface area contributed by atoms with Crippen LogP contribution < -0.4 is 10.6 Å². The highest BCUT2D eigenvalue weighted by Gasteiger charge is 2.21. The maximum atomic E-state index is 12.3. The molecular formula is C15H23N3O. The number of amides is 1. The van der Waals surface area contributed by atoms with Crippen LogP contribution in [-0.2, 0) is 4.79 Å². The first-order chi connectivity index (χ1) is 9.20. The molecule has 1 heterocycles. The van der Waals surface area contributed by atoms with Gasteiger partial charge < -0.3 is 15.5 Å². The Kier molecular flexibility index (Phi) is 4.80. The monoisotopic (exact) mass is 261 g/mol.